The molecule has 1 heterocycles. The van der Waals surface area contributed by atoms with Gasteiger partial charge in [0.2, 0.25) is 0 Å². The van der Waals surface area contributed by atoms with E-state index in [1.807, 2.05) is 30.3 Å². The Morgan fingerprint density at radius 2 is 1.59 bits per heavy atom. The second kappa shape index (κ2) is 8.71. The summed E-state index contributed by atoms with van der Waals surface area (Å²) in [6, 6.07) is 18.7. The first-order valence-electron chi connectivity index (χ1n) is 10.1. The van der Waals surface area contributed by atoms with Crippen LogP contribution in [0.5, 0.6) is 0 Å². The van der Waals surface area contributed by atoms with E-state index in [0.717, 1.165) is 18.7 Å². The predicted octanol–water partition coefficient (Wildman–Crippen LogP) is 4.94. The van der Waals surface area contributed by atoms with Gasteiger partial charge in [0, 0.05) is 12.1 Å². The number of nitrogens with one attached hydrogen (secondary N) is 1. The molecule has 0 spiro atoms. The van der Waals surface area contributed by atoms with Crippen LogP contribution in [0.4, 0.5) is 0 Å². The van der Waals surface area contributed by atoms with Crippen LogP contribution in [0.1, 0.15) is 67.6 Å². The van der Waals surface area contributed by atoms with E-state index in [0.29, 0.717) is 6.54 Å². The number of rotatable bonds is 5. The van der Waals surface area contributed by atoms with Gasteiger partial charge in [-0.05, 0) is 54.6 Å². The number of piperidine rings is 1. The van der Waals surface area contributed by atoms with Gasteiger partial charge in [0.1, 0.15) is 0 Å². The predicted molar refractivity (Wildman–Crippen MR) is 112 cm³/mol. The molecule has 0 radical (unpaired) electrons. The fraction of sp³-hybridized carbons (Fsp3) is 0.458. The Morgan fingerprint density at radius 3 is 2.19 bits per heavy atom. The number of likely N-dealkylation sites (tertiary alicyclic amines) is 1. The van der Waals surface area contributed by atoms with Crippen LogP contribution < -0.4 is 5.32 Å². The zero-order valence-electron chi connectivity index (χ0n) is 16.9. The van der Waals surface area contributed by atoms with Gasteiger partial charge in [-0.3, -0.25) is 9.69 Å². The smallest absolute Gasteiger partial charge is 0.251 e. The maximum atomic E-state index is 12.5. The van der Waals surface area contributed by atoms with Crippen molar-refractivity contribution >= 4 is 5.91 Å². The number of hydrogen-bond donors (Lipinski definition) is 1. The molecule has 1 saturated heterocycles. The summed E-state index contributed by atoms with van der Waals surface area (Å²) < 4.78 is 0. The summed E-state index contributed by atoms with van der Waals surface area (Å²) >= 11 is 0. The van der Waals surface area contributed by atoms with Gasteiger partial charge in [0.25, 0.3) is 5.91 Å². The minimum Gasteiger partial charge on any atom is -0.350 e. The summed E-state index contributed by atoms with van der Waals surface area (Å²) in [4.78, 5) is 15.0. The first-order chi connectivity index (χ1) is 12.9. The molecule has 2 aromatic carbocycles. The Morgan fingerprint density at radius 1 is 0.963 bits per heavy atom. The molecule has 0 aromatic heterocycles. The summed E-state index contributed by atoms with van der Waals surface area (Å²) in [5, 5.41) is 3.16. The van der Waals surface area contributed by atoms with E-state index in [9.17, 15) is 4.79 Å². The van der Waals surface area contributed by atoms with E-state index < -0.39 is 0 Å². The average Bonchev–Trinajstić information content (AvgIpc) is 2.69. The molecule has 0 aliphatic carbocycles. The average molecular weight is 365 g/mol. The van der Waals surface area contributed by atoms with E-state index >= 15 is 0 Å². The minimum atomic E-state index is 0.00363. The standard InChI is InChI=1S/C24H32N2O/c1-24(2,3)21-14-12-19(13-15-21)22(26-16-8-5-9-17-26)18-25-23(27)20-10-6-4-7-11-20/h4,6-7,10-15,22H,5,8-9,16-18H2,1-3H3,(H,25,27). The number of benzene rings is 2. The molecule has 3 nitrogen and oxygen atoms in total. The molecule has 0 bridgehead atoms. The zero-order chi connectivity index (χ0) is 19.3. The molecule has 3 heteroatoms. The highest BCUT2D eigenvalue weighted by Gasteiger charge is 2.24. The maximum Gasteiger partial charge on any atom is 0.251 e. The van der Waals surface area contributed by atoms with Crippen molar-refractivity contribution in [3.8, 4) is 0 Å². The Bertz CT molecular complexity index is 725. The molecule has 0 saturated carbocycles. The van der Waals surface area contributed by atoms with Gasteiger partial charge >= 0.3 is 0 Å². The van der Waals surface area contributed by atoms with E-state index in [1.165, 1.54) is 30.4 Å². The molecule has 1 unspecified atom stereocenters. The van der Waals surface area contributed by atoms with E-state index in [4.69, 9.17) is 0 Å². The largest absolute Gasteiger partial charge is 0.350 e. The lowest BCUT2D eigenvalue weighted by atomic mass is 9.86. The van der Waals surface area contributed by atoms with Crippen LogP contribution in [0.25, 0.3) is 0 Å². The maximum absolute atomic E-state index is 12.5. The van der Waals surface area contributed by atoms with Crippen molar-refractivity contribution in [2.45, 2.75) is 51.5 Å². The molecule has 1 atom stereocenters. The number of carbonyl (C=O) groups excluding carboxylic acids is 1. The van der Waals surface area contributed by atoms with Crippen LogP contribution in [-0.4, -0.2) is 30.4 Å². The third kappa shape index (κ3) is 5.20. The fourth-order valence-electron chi connectivity index (χ4n) is 3.77. The number of amides is 1. The summed E-state index contributed by atoms with van der Waals surface area (Å²) in [6.45, 7) is 9.57. The highest BCUT2D eigenvalue weighted by atomic mass is 16.1. The highest BCUT2D eigenvalue weighted by molar-refractivity contribution is 5.94. The zero-order valence-corrected chi connectivity index (χ0v) is 16.9. The molecular formula is C24H32N2O. The molecule has 1 amide bonds. The lowest BCUT2D eigenvalue weighted by Crippen LogP contribution is -2.40. The molecule has 1 fully saturated rings. The lowest BCUT2D eigenvalue weighted by molar-refractivity contribution is 0.0924. The SMILES string of the molecule is CC(C)(C)c1ccc(C(CNC(=O)c2ccccc2)N2CCCCC2)cc1. The quantitative estimate of drug-likeness (QED) is 0.815. The number of nitrogens with zero attached hydrogens (tertiary/aromatic N) is 1. The monoisotopic (exact) mass is 364 g/mol. The molecular weight excluding hydrogens is 332 g/mol. The first-order valence-corrected chi connectivity index (χ1v) is 10.1. The molecule has 2 aromatic rings. The third-order valence-corrected chi connectivity index (χ3v) is 5.48. The van der Waals surface area contributed by atoms with Gasteiger partial charge < -0.3 is 5.32 Å². The minimum absolute atomic E-state index is 0.00363. The number of hydrogen-bond acceptors (Lipinski definition) is 2. The summed E-state index contributed by atoms with van der Waals surface area (Å²) in [5.41, 5.74) is 3.51. The second-order valence-electron chi connectivity index (χ2n) is 8.56. The van der Waals surface area contributed by atoms with Gasteiger partial charge in [-0.15, -0.1) is 0 Å². The van der Waals surface area contributed by atoms with Crippen LogP contribution in [0, 0.1) is 0 Å². The van der Waals surface area contributed by atoms with Gasteiger partial charge in [0.05, 0.1) is 6.04 Å². The Labute approximate surface area is 163 Å². The molecule has 1 aliphatic heterocycles. The molecule has 1 N–H and O–H groups in total. The summed E-state index contributed by atoms with van der Waals surface area (Å²) in [7, 11) is 0. The Hall–Kier alpha value is -2.13. The third-order valence-electron chi connectivity index (χ3n) is 5.48. The van der Waals surface area contributed by atoms with Crippen LogP contribution in [0.15, 0.2) is 54.6 Å². The normalized spacial score (nSPS) is 16.7. The topological polar surface area (TPSA) is 32.3 Å². The Kier molecular flexibility index (Phi) is 6.33. The Balaban J connectivity index is 1.75. The van der Waals surface area contributed by atoms with Gasteiger partial charge in [-0.1, -0.05) is 69.7 Å². The van der Waals surface area contributed by atoms with Crippen LogP contribution in [-0.2, 0) is 5.41 Å². The van der Waals surface area contributed by atoms with Crippen molar-refractivity contribution in [1.29, 1.82) is 0 Å². The van der Waals surface area contributed by atoms with Crippen LogP contribution in [0.3, 0.4) is 0 Å². The number of carbonyl (C=O) groups is 1. The van der Waals surface area contributed by atoms with Crippen LogP contribution in [0.2, 0.25) is 0 Å². The second-order valence-corrected chi connectivity index (χ2v) is 8.56. The van der Waals surface area contributed by atoms with Crippen molar-refractivity contribution in [1.82, 2.24) is 10.2 Å². The summed E-state index contributed by atoms with van der Waals surface area (Å²) in [6.07, 6.45) is 3.79. The fourth-order valence-corrected chi connectivity index (χ4v) is 3.77. The van der Waals surface area contributed by atoms with E-state index in [-0.39, 0.29) is 17.4 Å². The van der Waals surface area contributed by atoms with Crippen molar-refractivity contribution in [2.24, 2.45) is 0 Å². The van der Waals surface area contributed by atoms with Gasteiger partial charge in [0.15, 0.2) is 0 Å². The molecule has 3 rings (SSSR count). The highest BCUT2D eigenvalue weighted by Crippen LogP contribution is 2.28. The van der Waals surface area contributed by atoms with Crippen molar-refractivity contribution < 1.29 is 4.79 Å². The van der Waals surface area contributed by atoms with E-state index in [2.05, 4.69) is 55.3 Å². The summed E-state index contributed by atoms with van der Waals surface area (Å²) in [5.74, 6) is 0.00363. The van der Waals surface area contributed by atoms with E-state index in [1.54, 1.807) is 0 Å². The van der Waals surface area contributed by atoms with Crippen molar-refractivity contribution in [2.75, 3.05) is 19.6 Å². The van der Waals surface area contributed by atoms with Gasteiger partial charge in [-0.2, -0.15) is 0 Å². The van der Waals surface area contributed by atoms with Gasteiger partial charge in [-0.25, -0.2) is 0 Å². The first kappa shape index (κ1) is 19.6. The molecule has 1 aliphatic rings. The molecule has 27 heavy (non-hydrogen) atoms. The van der Waals surface area contributed by atoms with Crippen molar-refractivity contribution in [3.63, 3.8) is 0 Å². The van der Waals surface area contributed by atoms with Crippen LogP contribution >= 0.6 is 0 Å². The lowest BCUT2D eigenvalue weighted by Gasteiger charge is -2.35. The van der Waals surface area contributed by atoms with Crippen molar-refractivity contribution in [3.05, 3.63) is 71.3 Å². The molecule has 144 valence electrons.